The summed E-state index contributed by atoms with van der Waals surface area (Å²) in [6.45, 7) is 15.4. The Hall–Kier alpha value is -2.83. The van der Waals surface area contributed by atoms with Gasteiger partial charge in [-0.15, -0.1) is 0 Å². The Morgan fingerprint density at radius 1 is 1.03 bits per heavy atom. The molecular formula is C23H35N5O2. The highest BCUT2D eigenvalue weighted by Gasteiger charge is 2.26. The van der Waals surface area contributed by atoms with E-state index >= 15 is 0 Å². The summed E-state index contributed by atoms with van der Waals surface area (Å²) in [6, 6.07) is 7.93. The lowest BCUT2D eigenvalue weighted by molar-refractivity contribution is 0.0254. The number of hydrogen-bond acceptors (Lipinski definition) is 5. The number of imidazole rings is 1. The molecule has 2 N–H and O–H groups in total. The van der Waals surface area contributed by atoms with E-state index in [4.69, 9.17) is 15.5 Å². The molecule has 2 aromatic heterocycles. The molecule has 164 valence electrons. The number of aromatic nitrogens is 3. The molecule has 0 spiro atoms. The van der Waals surface area contributed by atoms with Crippen LogP contribution in [0.4, 0.5) is 10.6 Å². The first kappa shape index (κ1) is 23.4. The number of ether oxygens (including phenoxy) is 1. The summed E-state index contributed by atoms with van der Waals surface area (Å²) in [7, 11) is 0. The van der Waals surface area contributed by atoms with Gasteiger partial charge >= 0.3 is 6.09 Å². The van der Waals surface area contributed by atoms with Gasteiger partial charge in [-0.25, -0.2) is 14.8 Å². The zero-order chi connectivity index (χ0) is 22.5. The van der Waals surface area contributed by atoms with Crippen molar-refractivity contribution in [1.82, 2.24) is 19.4 Å². The highest BCUT2D eigenvalue weighted by molar-refractivity contribution is 6.06. The van der Waals surface area contributed by atoms with Gasteiger partial charge in [0.05, 0.1) is 11.0 Å². The van der Waals surface area contributed by atoms with Crippen molar-refractivity contribution in [2.24, 2.45) is 0 Å². The number of benzene rings is 1. The van der Waals surface area contributed by atoms with Crippen LogP contribution in [0.2, 0.25) is 0 Å². The number of rotatable bonds is 0. The third-order valence-corrected chi connectivity index (χ3v) is 4.54. The van der Waals surface area contributed by atoms with Gasteiger partial charge in [-0.05, 0) is 26.8 Å². The monoisotopic (exact) mass is 413 g/mol. The summed E-state index contributed by atoms with van der Waals surface area (Å²) in [6.07, 6.45) is 0.375. The van der Waals surface area contributed by atoms with E-state index in [9.17, 15) is 4.79 Å². The van der Waals surface area contributed by atoms with Gasteiger partial charge in [-0.1, -0.05) is 45.9 Å². The molecule has 0 atom stereocenters. The minimum Gasteiger partial charge on any atom is -0.444 e. The Bertz CT molecular complexity index is 1000. The molecule has 7 heteroatoms. The molecule has 1 aliphatic heterocycles. The Morgan fingerprint density at radius 3 is 2.37 bits per heavy atom. The number of para-hydroxylation sites is 1. The maximum atomic E-state index is 12.4. The average molecular weight is 414 g/mol. The van der Waals surface area contributed by atoms with Crippen molar-refractivity contribution in [2.45, 2.75) is 67.0 Å². The molecule has 1 amide bonds. The third kappa shape index (κ3) is 4.83. The summed E-state index contributed by atoms with van der Waals surface area (Å²) >= 11 is 0. The summed E-state index contributed by atoms with van der Waals surface area (Å²) in [5.41, 5.74) is 8.24. The molecule has 3 heterocycles. The summed E-state index contributed by atoms with van der Waals surface area (Å²) in [5, 5.41) is 1.03. The third-order valence-electron chi connectivity index (χ3n) is 4.54. The van der Waals surface area contributed by atoms with Crippen LogP contribution in [-0.2, 0) is 17.7 Å². The highest BCUT2D eigenvalue weighted by atomic mass is 16.6. The number of nitrogens with zero attached hydrogens (tertiary/aromatic N) is 4. The lowest BCUT2D eigenvalue weighted by atomic mass is 10.2. The van der Waals surface area contributed by atoms with Crippen molar-refractivity contribution in [3.05, 3.63) is 30.1 Å². The van der Waals surface area contributed by atoms with Crippen LogP contribution in [0, 0.1) is 0 Å². The van der Waals surface area contributed by atoms with Crippen molar-refractivity contribution < 1.29 is 9.53 Å². The van der Waals surface area contributed by atoms with Gasteiger partial charge in [-0.2, -0.15) is 0 Å². The number of hydrogen-bond donors (Lipinski definition) is 1. The maximum absolute atomic E-state index is 12.4. The fourth-order valence-electron chi connectivity index (χ4n) is 3.41. The van der Waals surface area contributed by atoms with Gasteiger partial charge in [0.1, 0.15) is 16.9 Å². The summed E-state index contributed by atoms with van der Waals surface area (Å²) in [5.74, 6) is 1.37. The molecule has 0 unspecified atom stereocenters. The van der Waals surface area contributed by atoms with Gasteiger partial charge in [0, 0.05) is 31.4 Å². The first-order chi connectivity index (χ1) is 14.3. The molecule has 0 saturated carbocycles. The average Bonchev–Trinajstić information content (AvgIpc) is 2.96. The Kier molecular flexibility index (Phi) is 7.65. The zero-order valence-electron chi connectivity index (χ0n) is 19.3. The second kappa shape index (κ2) is 9.78. The van der Waals surface area contributed by atoms with Crippen LogP contribution in [0.25, 0.3) is 21.9 Å². The van der Waals surface area contributed by atoms with Crippen LogP contribution in [0.5, 0.6) is 0 Å². The number of nitrogen functional groups attached to an aromatic ring is 1. The smallest absolute Gasteiger partial charge is 0.410 e. The van der Waals surface area contributed by atoms with Gasteiger partial charge in [0.2, 0.25) is 0 Å². The van der Waals surface area contributed by atoms with Crippen molar-refractivity contribution >= 4 is 33.8 Å². The van der Waals surface area contributed by atoms with Crippen LogP contribution in [0.3, 0.4) is 0 Å². The predicted molar refractivity (Wildman–Crippen MR) is 124 cm³/mol. The van der Waals surface area contributed by atoms with Crippen molar-refractivity contribution in [1.29, 1.82) is 0 Å². The van der Waals surface area contributed by atoms with E-state index < -0.39 is 5.60 Å². The number of carbonyl (C=O) groups is 1. The molecule has 0 fully saturated rings. The van der Waals surface area contributed by atoms with Crippen molar-refractivity contribution in [3.8, 4) is 0 Å². The molecule has 1 aliphatic rings. The minimum absolute atomic E-state index is 0.279. The lowest BCUT2D eigenvalue weighted by Gasteiger charge is -2.26. The highest BCUT2D eigenvalue weighted by Crippen LogP contribution is 2.29. The van der Waals surface area contributed by atoms with Crippen LogP contribution in [0.15, 0.2) is 24.3 Å². The normalized spacial score (nSPS) is 13.5. The van der Waals surface area contributed by atoms with Gasteiger partial charge in [0.15, 0.2) is 5.82 Å². The number of carbonyl (C=O) groups excluding carboxylic acids is 1. The van der Waals surface area contributed by atoms with E-state index in [-0.39, 0.29) is 6.09 Å². The van der Waals surface area contributed by atoms with Crippen LogP contribution < -0.4 is 5.73 Å². The fourth-order valence-corrected chi connectivity index (χ4v) is 3.41. The molecule has 0 bridgehead atoms. The van der Waals surface area contributed by atoms with E-state index in [1.807, 2.05) is 72.7 Å². The molecule has 3 aromatic rings. The number of pyridine rings is 1. The molecular weight excluding hydrogens is 378 g/mol. The SMILES string of the molecule is CC.CC.CC(C)(C)OC(=O)N1CCc2nc3c(N)nc4ccccc4c3n2CC1. The molecule has 0 radical (unpaired) electrons. The maximum Gasteiger partial charge on any atom is 0.410 e. The summed E-state index contributed by atoms with van der Waals surface area (Å²) in [4.78, 5) is 23.4. The van der Waals surface area contributed by atoms with E-state index in [1.165, 1.54) is 0 Å². The lowest BCUT2D eigenvalue weighted by Crippen LogP contribution is -2.38. The first-order valence-electron chi connectivity index (χ1n) is 10.8. The minimum atomic E-state index is -0.500. The van der Waals surface area contributed by atoms with Crippen molar-refractivity contribution in [2.75, 3.05) is 18.8 Å². The number of anilines is 1. The van der Waals surface area contributed by atoms with Gasteiger partial charge < -0.3 is 19.9 Å². The van der Waals surface area contributed by atoms with Crippen molar-refractivity contribution in [3.63, 3.8) is 0 Å². The zero-order valence-corrected chi connectivity index (χ0v) is 19.3. The van der Waals surface area contributed by atoms with Crippen LogP contribution >= 0.6 is 0 Å². The second-order valence-electron chi connectivity index (χ2n) is 7.61. The van der Waals surface area contributed by atoms with Gasteiger partial charge in [-0.3, -0.25) is 0 Å². The fraction of sp³-hybridized carbons (Fsp3) is 0.522. The quantitative estimate of drug-likeness (QED) is 0.560. The van der Waals surface area contributed by atoms with Gasteiger partial charge in [0.25, 0.3) is 0 Å². The summed E-state index contributed by atoms with van der Waals surface area (Å²) < 4.78 is 7.68. The van der Waals surface area contributed by atoms with Crippen LogP contribution in [-0.4, -0.2) is 44.2 Å². The molecule has 4 rings (SSSR count). The van der Waals surface area contributed by atoms with E-state index in [2.05, 4.69) is 9.55 Å². The standard InChI is InChI=1S/C19H23N5O2.2C2H6/c1-19(2,3)26-18(25)23-9-8-14-22-15-16(24(14)11-10-23)12-6-4-5-7-13(12)21-17(15)20;2*1-2/h4-7H,8-11H2,1-3H3,(H2,20,21);2*1-2H3. The number of nitrogens with two attached hydrogens (primary N) is 1. The Labute approximate surface area is 179 Å². The second-order valence-corrected chi connectivity index (χ2v) is 7.61. The predicted octanol–water partition coefficient (Wildman–Crippen LogP) is 5.01. The molecule has 0 saturated heterocycles. The molecule has 1 aromatic carbocycles. The largest absolute Gasteiger partial charge is 0.444 e. The van der Waals surface area contributed by atoms with Crippen LogP contribution in [0.1, 0.15) is 54.3 Å². The number of fused-ring (bicyclic) bond motifs is 5. The van der Waals surface area contributed by atoms with E-state index in [1.54, 1.807) is 4.90 Å². The molecule has 30 heavy (non-hydrogen) atoms. The number of amides is 1. The Balaban J connectivity index is 0.000000757. The first-order valence-corrected chi connectivity index (χ1v) is 10.8. The Morgan fingerprint density at radius 2 is 1.70 bits per heavy atom. The molecule has 7 nitrogen and oxygen atoms in total. The van der Waals surface area contributed by atoms with E-state index in [0.717, 1.165) is 27.8 Å². The van der Waals surface area contributed by atoms with E-state index in [0.29, 0.717) is 31.9 Å². The molecule has 0 aliphatic carbocycles. The topological polar surface area (TPSA) is 86.3 Å².